The van der Waals surface area contributed by atoms with Crippen LogP contribution < -0.4 is 5.32 Å². The Labute approximate surface area is 158 Å². The summed E-state index contributed by atoms with van der Waals surface area (Å²) in [7, 11) is -1.81. The van der Waals surface area contributed by atoms with Crippen LogP contribution in [0.25, 0.3) is 6.08 Å². The van der Waals surface area contributed by atoms with Gasteiger partial charge in [0.25, 0.3) is 0 Å². The van der Waals surface area contributed by atoms with Gasteiger partial charge < -0.3 is 9.73 Å². The van der Waals surface area contributed by atoms with Crippen molar-refractivity contribution in [3.8, 4) is 0 Å². The minimum Gasteiger partial charge on any atom is -0.460 e. The molecule has 2 rings (SSSR count). The number of halogens is 1. The third-order valence-corrected chi connectivity index (χ3v) is 5.27. The lowest BCUT2D eigenvalue weighted by Gasteiger charge is -2.12. The Balaban J connectivity index is 1.93. The maximum absolute atomic E-state index is 12.0. The summed E-state index contributed by atoms with van der Waals surface area (Å²) in [6.45, 7) is 2.01. The van der Waals surface area contributed by atoms with Crippen LogP contribution in [-0.2, 0) is 21.4 Å². The van der Waals surface area contributed by atoms with E-state index in [2.05, 4.69) is 5.32 Å². The van der Waals surface area contributed by atoms with E-state index in [9.17, 15) is 13.2 Å². The van der Waals surface area contributed by atoms with E-state index in [4.69, 9.17) is 16.0 Å². The maximum Gasteiger partial charge on any atom is 0.244 e. The van der Waals surface area contributed by atoms with E-state index in [-0.39, 0.29) is 18.5 Å². The van der Waals surface area contributed by atoms with Crippen molar-refractivity contribution in [2.75, 3.05) is 13.3 Å². The summed E-state index contributed by atoms with van der Waals surface area (Å²) in [4.78, 5) is 12.0. The zero-order chi connectivity index (χ0) is 19.3. The van der Waals surface area contributed by atoms with Crippen molar-refractivity contribution in [3.05, 3.63) is 64.6 Å². The van der Waals surface area contributed by atoms with Crippen LogP contribution in [0.1, 0.15) is 30.0 Å². The molecule has 1 amide bonds. The molecule has 0 saturated heterocycles. The molecule has 1 aromatic carbocycles. The second kappa shape index (κ2) is 8.53. The van der Waals surface area contributed by atoms with Gasteiger partial charge >= 0.3 is 0 Å². The van der Waals surface area contributed by atoms with Gasteiger partial charge in [-0.25, -0.2) is 8.42 Å². The first-order valence-corrected chi connectivity index (χ1v) is 10.1. The zero-order valence-corrected chi connectivity index (χ0v) is 16.3. The average molecular weight is 397 g/mol. The first-order valence-electron chi connectivity index (χ1n) is 7.89. The fourth-order valence-electron chi connectivity index (χ4n) is 2.16. The molecule has 0 saturated carbocycles. The normalized spacial score (nSPS) is 13.3. The minimum absolute atomic E-state index is 0.131. The zero-order valence-electron chi connectivity index (χ0n) is 14.8. The number of hydrogen-bond acceptors (Lipinski definition) is 4. The van der Waals surface area contributed by atoms with Gasteiger partial charge in [-0.2, -0.15) is 4.31 Å². The van der Waals surface area contributed by atoms with E-state index < -0.39 is 10.0 Å². The third-order valence-electron chi connectivity index (χ3n) is 3.75. The number of benzene rings is 1. The Morgan fingerprint density at radius 2 is 1.92 bits per heavy atom. The molecule has 0 aliphatic heterocycles. The third kappa shape index (κ3) is 6.01. The van der Waals surface area contributed by atoms with Gasteiger partial charge in [0.05, 0.1) is 18.8 Å². The lowest BCUT2D eigenvalue weighted by Crippen LogP contribution is -2.24. The Morgan fingerprint density at radius 1 is 1.27 bits per heavy atom. The molecule has 140 valence electrons. The van der Waals surface area contributed by atoms with Crippen LogP contribution >= 0.6 is 11.6 Å². The van der Waals surface area contributed by atoms with Crippen molar-refractivity contribution >= 4 is 33.6 Å². The Bertz CT molecular complexity index is 888. The highest BCUT2D eigenvalue weighted by atomic mass is 35.5. The van der Waals surface area contributed by atoms with E-state index in [0.717, 1.165) is 11.8 Å². The maximum atomic E-state index is 12.0. The Kier molecular flexibility index (Phi) is 6.63. The van der Waals surface area contributed by atoms with Crippen LogP contribution in [0.3, 0.4) is 0 Å². The second-order valence-electron chi connectivity index (χ2n) is 5.94. The number of nitrogens with zero attached hydrogens (tertiary/aromatic N) is 1. The summed E-state index contributed by atoms with van der Waals surface area (Å²) in [6, 6.07) is 10.4. The van der Waals surface area contributed by atoms with Gasteiger partial charge in [0.15, 0.2) is 0 Å². The number of amides is 1. The van der Waals surface area contributed by atoms with Crippen LogP contribution in [0.15, 0.2) is 46.9 Å². The fraction of sp³-hybridized carbons (Fsp3) is 0.278. The monoisotopic (exact) mass is 396 g/mol. The van der Waals surface area contributed by atoms with E-state index in [1.807, 2.05) is 19.1 Å². The predicted molar refractivity (Wildman–Crippen MR) is 102 cm³/mol. The fourth-order valence-corrected chi connectivity index (χ4v) is 2.65. The van der Waals surface area contributed by atoms with Gasteiger partial charge in [-0.05, 0) is 42.8 Å². The molecule has 2 aromatic rings. The molecule has 8 heteroatoms. The van der Waals surface area contributed by atoms with Crippen molar-refractivity contribution in [1.82, 2.24) is 9.62 Å². The van der Waals surface area contributed by atoms with Gasteiger partial charge in [-0.3, -0.25) is 4.79 Å². The number of carbonyl (C=O) groups is 1. The summed E-state index contributed by atoms with van der Waals surface area (Å²) >= 11 is 5.85. The van der Waals surface area contributed by atoms with Crippen molar-refractivity contribution in [1.29, 1.82) is 0 Å². The Hall–Kier alpha value is -2.09. The number of hydrogen-bond donors (Lipinski definition) is 1. The number of sulfonamides is 1. The van der Waals surface area contributed by atoms with Crippen LogP contribution in [0.5, 0.6) is 0 Å². The standard InChI is InChI=1S/C18H21ClN2O4S/c1-13(14-4-6-15(19)7-5-14)20-18(22)11-10-16-8-9-17(25-16)12-21(2)26(3,23)24/h4-11,13H,12H2,1-3H3,(H,20,22)/b11-10+. The lowest BCUT2D eigenvalue weighted by molar-refractivity contribution is -0.117. The van der Waals surface area contributed by atoms with E-state index in [1.54, 1.807) is 24.3 Å². The summed E-state index contributed by atoms with van der Waals surface area (Å²) in [5.74, 6) is 0.697. The average Bonchev–Trinajstić information content (AvgIpc) is 3.00. The van der Waals surface area contributed by atoms with E-state index in [1.165, 1.54) is 23.5 Å². The number of nitrogens with one attached hydrogen (secondary N) is 1. The molecule has 26 heavy (non-hydrogen) atoms. The SMILES string of the molecule is CC(NC(=O)/C=C/c1ccc(CN(C)S(C)(=O)=O)o1)c1ccc(Cl)cc1. The first-order chi connectivity index (χ1) is 12.1. The van der Waals surface area contributed by atoms with Gasteiger partial charge in [-0.15, -0.1) is 0 Å². The molecule has 1 aromatic heterocycles. The minimum atomic E-state index is -3.28. The molecule has 6 nitrogen and oxygen atoms in total. The van der Waals surface area contributed by atoms with Crippen molar-refractivity contribution < 1.29 is 17.6 Å². The molecule has 0 spiro atoms. The molecule has 0 aliphatic rings. The Morgan fingerprint density at radius 3 is 2.54 bits per heavy atom. The summed E-state index contributed by atoms with van der Waals surface area (Å²) in [6.07, 6.45) is 4.03. The van der Waals surface area contributed by atoms with E-state index >= 15 is 0 Å². The molecular weight excluding hydrogens is 376 g/mol. The number of rotatable bonds is 7. The van der Waals surface area contributed by atoms with Crippen LogP contribution in [0.4, 0.5) is 0 Å². The molecule has 1 heterocycles. The topological polar surface area (TPSA) is 79.6 Å². The van der Waals surface area contributed by atoms with Crippen LogP contribution in [0, 0.1) is 0 Å². The van der Waals surface area contributed by atoms with Gasteiger partial charge in [0, 0.05) is 18.1 Å². The second-order valence-corrected chi connectivity index (χ2v) is 8.46. The summed E-state index contributed by atoms with van der Waals surface area (Å²) in [5.41, 5.74) is 0.945. The largest absolute Gasteiger partial charge is 0.460 e. The van der Waals surface area contributed by atoms with Gasteiger partial charge in [-0.1, -0.05) is 23.7 Å². The summed E-state index contributed by atoms with van der Waals surface area (Å²) in [5, 5.41) is 3.49. The first kappa shape index (κ1) is 20.2. The molecule has 1 unspecified atom stereocenters. The van der Waals surface area contributed by atoms with E-state index in [0.29, 0.717) is 16.5 Å². The van der Waals surface area contributed by atoms with Crippen molar-refractivity contribution in [2.24, 2.45) is 0 Å². The number of carbonyl (C=O) groups excluding carboxylic acids is 1. The molecule has 0 radical (unpaired) electrons. The molecule has 0 aliphatic carbocycles. The molecule has 1 atom stereocenters. The van der Waals surface area contributed by atoms with Gasteiger partial charge in [0.2, 0.25) is 15.9 Å². The van der Waals surface area contributed by atoms with Crippen molar-refractivity contribution in [2.45, 2.75) is 19.5 Å². The van der Waals surface area contributed by atoms with Crippen LogP contribution in [-0.4, -0.2) is 31.9 Å². The summed E-state index contributed by atoms with van der Waals surface area (Å²) < 4.78 is 29.5. The molecule has 0 fully saturated rings. The number of furan rings is 1. The molecule has 1 N–H and O–H groups in total. The highest BCUT2D eigenvalue weighted by molar-refractivity contribution is 7.88. The quantitative estimate of drug-likeness (QED) is 0.729. The predicted octanol–water partition coefficient (Wildman–Crippen LogP) is 3.22. The van der Waals surface area contributed by atoms with Gasteiger partial charge in [0.1, 0.15) is 11.5 Å². The lowest BCUT2D eigenvalue weighted by atomic mass is 10.1. The smallest absolute Gasteiger partial charge is 0.244 e. The molecule has 0 bridgehead atoms. The van der Waals surface area contributed by atoms with Crippen molar-refractivity contribution in [3.63, 3.8) is 0 Å². The molecular formula is C18H21ClN2O4S. The van der Waals surface area contributed by atoms with Crippen LogP contribution in [0.2, 0.25) is 5.02 Å². The highest BCUT2D eigenvalue weighted by Crippen LogP contribution is 2.16. The highest BCUT2D eigenvalue weighted by Gasteiger charge is 2.13.